The predicted molar refractivity (Wildman–Crippen MR) is 97.4 cm³/mol. The Morgan fingerprint density at radius 1 is 1.23 bits per heavy atom. The first-order valence-corrected chi connectivity index (χ1v) is 8.16. The molecule has 1 amide bonds. The number of nitrogens with one attached hydrogen (secondary N) is 1. The number of amides is 1. The lowest BCUT2D eigenvalue weighted by Gasteiger charge is -2.10. The molecule has 2 rings (SSSR count). The van der Waals surface area contributed by atoms with E-state index in [0.717, 1.165) is 11.6 Å². The van der Waals surface area contributed by atoms with Crippen LogP contribution in [-0.2, 0) is 9.53 Å². The number of nitrogens with zero attached hydrogens (tertiary/aromatic N) is 1. The Balaban J connectivity index is 2.13. The third-order valence-electron chi connectivity index (χ3n) is 3.34. The van der Waals surface area contributed by atoms with Gasteiger partial charge < -0.3 is 14.8 Å². The smallest absolute Gasteiger partial charge is 0.337 e. The van der Waals surface area contributed by atoms with Crippen LogP contribution in [0.2, 0.25) is 0 Å². The predicted octanol–water partition coefficient (Wildman–Crippen LogP) is 3.47. The normalized spacial score (nSPS) is 10.1. The largest absolute Gasteiger partial charge is 0.477 e. The number of nitro groups is 1. The van der Waals surface area contributed by atoms with Gasteiger partial charge in [-0.05, 0) is 46.6 Å². The maximum Gasteiger partial charge on any atom is 0.337 e. The molecule has 0 unspecified atom stereocenters. The Labute approximate surface area is 157 Å². The van der Waals surface area contributed by atoms with E-state index in [1.165, 1.54) is 19.2 Å². The van der Waals surface area contributed by atoms with E-state index in [9.17, 15) is 19.7 Å². The highest BCUT2D eigenvalue weighted by Crippen LogP contribution is 2.28. The molecular weight excluding hydrogens is 408 g/mol. The molecule has 0 aliphatic heterocycles. The summed E-state index contributed by atoms with van der Waals surface area (Å²) in [4.78, 5) is 34.0. The summed E-state index contributed by atoms with van der Waals surface area (Å²) in [5, 5.41) is 13.7. The molecule has 0 fully saturated rings. The van der Waals surface area contributed by atoms with Crippen LogP contribution in [0.5, 0.6) is 5.75 Å². The van der Waals surface area contributed by atoms with E-state index in [-0.39, 0.29) is 17.0 Å². The molecule has 0 heterocycles. The Bertz CT molecular complexity index is 868. The van der Waals surface area contributed by atoms with Crippen LogP contribution in [0.1, 0.15) is 15.9 Å². The number of nitro benzene ring substituents is 1. The molecule has 0 atom stereocenters. The zero-order valence-corrected chi connectivity index (χ0v) is 15.5. The topological polar surface area (TPSA) is 108 Å². The van der Waals surface area contributed by atoms with Crippen molar-refractivity contribution in [3.05, 3.63) is 62.1 Å². The molecule has 0 bridgehead atoms. The van der Waals surface area contributed by atoms with Crippen molar-refractivity contribution in [1.82, 2.24) is 0 Å². The lowest BCUT2D eigenvalue weighted by molar-refractivity contribution is -0.385. The first-order chi connectivity index (χ1) is 12.3. The zero-order chi connectivity index (χ0) is 19.3. The second-order valence-electron chi connectivity index (χ2n) is 5.25. The number of hydrogen-bond acceptors (Lipinski definition) is 6. The molecule has 136 valence electrons. The second-order valence-corrected chi connectivity index (χ2v) is 6.11. The molecule has 0 saturated carbocycles. The Kier molecular flexibility index (Phi) is 6.29. The van der Waals surface area contributed by atoms with E-state index in [2.05, 4.69) is 26.0 Å². The van der Waals surface area contributed by atoms with Gasteiger partial charge in [-0.25, -0.2) is 4.79 Å². The fourth-order valence-corrected chi connectivity index (χ4v) is 2.67. The van der Waals surface area contributed by atoms with Gasteiger partial charge >= 0.3 is 11.7 Å². The molecule has 0 aliphatic rings. The second kappa shape index (κ2) is 8.43. The average molecular weight is 423 g/mol. The van der Waals surface area contributed by atoms with Gasteiger partial charge in [0.2, 0.25) is 0 Å². The van der Waals surface area contributed by atoms with Crippen LogP contribution in [0.4, 0.5) is 11.4 Å². The minimum atomic E-state index is -0.669. The van der Waals surface area contributed by atoms with Gasteiger partial charge in [0.25, 0.3) is 5.91 Å². The van der Waals surface area contributed by atoms with Crippen molar-refractivity contribution < 1.29 is 24.0 Å². The highest BCUT2D eigenvalue weighted by Gasteiger charge is 2.19. The minimum Gasteiger partial charge on any atom is -0.477 e. The average Bonchev–Trinajstić information content (AvgIpc) is 2.61. The number of rotatable bonds is 6. The van der Waals surface area contributed by atoms with Crippen LogP contribution in [0.25, 0.3) is 0 Å². The van der Waals surface area contributed by atoms with Gasteiger partial charge in [-0.2, -0.15) is 0 Å². The number of methoxy groups -OCH3 is 1. The van der Waals surface area contributed by atoms with E-state index < -0.39 is 23.4 Å². The SMILES string of the molecule is COC(=O)c1ccc([N+](=O)[O-])c(OCC(=O)Nc2ccc(C)cc2Br)c1. The molecule has 0 radical (unpaired) electrons. The summed E-state index contributed by atoms with van der Waals surface area (Å²) in [5.74, 6) is -1.37. The molecule has 0 spiro atoms. The number of halogens is 1. The highest BCUT2D eigenvalue weighted by atomic mass is 79.9. The minimum absolute atomic E-state index is 0.0785. The fraction of sp³-hybridized carbons (Fsp3) is 0.176. The molecule has 1 N–H and O–H groups in total. The van der Waals surface area contributed by atoms with Gasteiger partial charge in [0.1, 0.15) is 0 Å². The van der Waals surface area contributed by atoms with E-state index >= 15 is 0 Å². The molecule has 9 heteroatoms. The number of esters is 1. The molecule has 0 aliphatic carbocycles. The summed E-state index contributed by atoms with van der Waals surface area (Å²) in [7, 11) is 1.19. The third kappa shape index (κ3) is 4.79. The van der Waals surface area contributed by atoms with Gasteiger partial charge in [0, 0.05) is 16.6 Å². The monoisotopic (exact) mass is 422 g/mol. The molecule has 26 heavy (non-hydrogen) atoms. The van der Waals surface area contributed by atoms with Crippen molar-refractivity contribution in [2.45, 2.75) is 6.92 Å². The van der Waals surface area contributed by atoms with Gasteiger partial charge in [-0.15, -0.1) is 0 Å². The molecular formula is C17H15BrN2O6. The number of benzene rings is 2. The molecule has 2 aromatic carbocycles. The van der Waals surface area contributed by atoms with E-state index in [1.54, 1.807) is 6.07 Å². The van der Waals surface area contributed by atoms with E-state index in [0.29, 0.717) is 10.2 Å². The number of hydrogen-bond donors (Lipinski definition) is 1. The number of anilines is 1. The van der Waals surface area contributed by atoms with Crippen molar-refractivity contribution in [2.24, 2.45) is 0 Å². The van der Waals surface area contributed by atoms with Crippen molar-refractivity contribution >= 4 is 39.2 Å². The highest BCUT2D eigenvalue weighted by molar-refractivity contribution is 9.10. The van der Waals surface area contributed by atoms with Gasteiger partial charge in [-0.3, -0.25) is 14.9 Å². The third-order valence-corrected chi connectivity index (χ3v) is 3.99. The lowest BCUT2D eigenvalue weighted by Crippen LogP contribution is -2.20. The summed E-state index contributed by atoms with van der Waals surface area (Å²) < 4.78 is 10.5. The summed E-state index contributed by atoms with van der Waals surface area (Å²) in [6.07, 6.45) is 0. The van der Waals surface area contributed by atoms with E-state index in [1.807, 2.05) is 19.1 Å². The van der Waals surface area contributed by atoms with Crippen LogP contribution in [0.3, 0.4) is 0 Å². The van der Waals surface area contributed by atoms with Gasteiger partial charge in [0.05, 0.1) is 23.3 Å². The number of ether oxygens (including phenoxy) is 2. The standard InChI is InChI=1S/C17H15BrN2O6/c1-10-3-5-13(12(18)7-10)19-16(21)9-26-15-8-11(17(22)25-2)4-6-14(15)20(23)24/h3-8H,9H2,1-2H3,(H,19,21). The lowest BCUT2D eigenvalue weighted by atomic mass is 10.2. The first-order valence-electron chi connectivity index (χ1n) is 7.37. The van der Waals surface area contributed by atoms with Crippen LogP contribution < -0.4 is 10.1 Å². The van der Waals surface area contributed by atoms with Crippen LogP contribution >= 0.6 is 15.9 Å². The first kappa shape index (κ1) is 19.4. The van der Waals surface area contributed by atoms with Gasteiger partial charge in [0.15, 0.2) is 12.4 Å². The molecule has 8 nitrogen and oxygen atoms in total. The van der Waals surface area contributed by atoms with E-state index in [4.69, 9.17) is 4.74 Å². The molecule has 0 aromatic heterocycles. The fourth-order valence-electron chi connectivity index (χ4n) is 2.08. The number of aryl methyl sites for hydroxylation is 1. The summed E-state index contributed by atoms with van der Waals surface area (Å²) in [5.41, 5.74) is 1.28. The van der Waals surface area contributed by atoms with Crippen LogP contribution in [0.15, 0.2) is 40.9 Å². The summed E-state index contributed by atoms with van der Waals surface area (Å²) in [6.45, 7) is 1.44. The zero-order valence-electron chi connectivity index (χ0n) is 13.9. The van der Waals surface area contributed by atoms with Crippen molar-refractivity contribution in [1.29, 1.82) is 0 Å². The summed E-state index contributed by atoms with van der Waals surface area (Å²) in [6, 6.07) is 8.92. The summed E-state index contributed by atoms with van der Waals surface area (Å²) >= 11 is 3.34. The maximum absolute atomic E-state index is 12.1. The van der Waals surface area contributed by atoms with Crippen molar-refractivity contribution in [3.63, 3.8) is 0 Å². The van der Waals surface area contributed by atoms with Crippen LogP contribution in [0, 0.1) is 17.0 Å². The van der Waals surface area contributed by atoms with Crippen LogP contribution in [-0.4, -0.2) is 30.5 Å². The molecule has 0 saturated heterocycles. The van der Waals surface area contributed by atoms with Crippen molar-refractivity contribution in [2.75, 3.05) is 19.0 Å². The van der Waals surface area contributed by atoms with Gasteiger partial charge in [-0.1, -0.05) is 6.07 Å². The Hall–Kier alpha value is -2.94. The maximum atomic E-state index is 12.1. The molecule has 2 aromatic rings. The number of carbonyl (C=O) groups is 2. The van der Waals surface area contributed by atoms with Crippen molar-refractivity contribution in [3.8, 4) is 5.75 Å². The Morgan fingerprint density at radius 2 is 1.96 bits per heavy atom. The Morgan fingerprint density at radius 3 is 2.58 bits per heavy atom. The number of carbonyl (C=O) groups excluding carboxylic acids is 2. The quantitative estimate of drug-likeness (QED) is 0.433.